The number of hydrogen-bond acceptors (Lipinski definition) is 8. The molecule has 1 amide bonds. The molecule has 28 heavy (non-hydrogen) atoms. The van der Waals surface area contributed by atoms with Gasteiger partial charge in [-0.1, -0.05) is 0 Å². The van der Waals surface area contributed by atoms with E-state index in [0.717, 1.165) is 12.1 Å². The number of carbonyl (C=O) groups is 1. The molecule has 150 valence electrons. The van der Waals surface area contributed by atoms with Crippen LogP contribution >= 0.6 is 0 Å². The summed E-state index contributed by atoms with van der Waals surface area (Å²) in [6, 6.07) is 3.61. The topological polar surface area (TPSA) is 122 Å². The van der Waals surface area contributed by atoms with Gasteiger partial charge in [-0.2, -0.15) is 4.98 Å². The normalized spacial score (nSPS) is 16.0. The van der Waals surface area contributed by atoms with Gasteiger partial charge in [0.05, 0.1) is 25.6 Å². The van der Waals surface area contributed by atoms with E-state index < -0.39 is 6.09 Å². The summed E-state index contributed by atoms with van der Waals surface area (Å²) in [5.41, 5.74) is 1.48. The standard InChI is InChI=1S/C18H24N6O4/c1-11-6-15(19-2)23-17(21-11)22-13-7-14(16(27-3)20-8-13)28-10-12-4-5-24(9-12)18(25)26/h6-8,12H,4-5,9-10H2,1-3H3,(H,25,26)(H2,19,21,22,23)/t12-/m1/s1. The van der Waals surface area contributed by atoms with Gasteiger partial charge >= 0.3 is 6.09 Å². The van der Waals surface area contributed by atoms with Crippen LogP contribution in [0.2, 0.25) is 0 Å². The van der Waals surface area contributed by atoms with Crippen molar-refractivity contribution in [2.75, 3.05) is 44.5 Å². The molecule has 3 N–H and O–H groups in total. The van der Waals surface area contributed by atoms with Crippen molar-refractivity contribution in [3.8, 4) is 11.6 Å². The van der Waals surface area contributed by atoms with Crippen molar-refractivity contribution >= 4 is 23.5 Å². The number of aryl methyl sites for hydroxylation is 1. The number of amides is 1. The Bertz CT molecular complexity index is 847. The van der Waals surface area contributed by atoms with E-state index in [1.54, 1.807) is 19.3 Å². The van der Waals surface area contributed by atoms with E-state index >= 15 is 0 Å². The Labute approximate surface area is 162 Å². The minimum atomic E-state index is -0.896. The summed E-state index contributed by atoms with van der Waals surface area (Å²) in [5.74, 6) is 2.12. The first-order chi connectivity index (χ1) is 13.5. The lowest BCUT2D eigenvalue weighted by molar-refractivity contribution is 0.151. The third-order valence-corrected chi connectivity index (χ3v) is 4.41. The lowest BCUT2D eigenvalue weighted by Crippen LogP contribution is -2.27. The highest BCUT2D eigenvalue weighted by atomic mass is 16.5. The number of nitrogens with zero attached hydrogens (tertiary/aromatic N) is 4. The summed E-state index contributed by atoms with van der Waals surface area (Å²) < 4.78 is 11.2. The molecule has 0 radical (unpaired) electrons. The van der Waals surface area contributed by atoms with Crippen LogP contribution in [-0.4, -0.2) is 64.9 Å². The molecule has 1 saturated heterocycles. The van der Waals surface area contributed by atoms with Crippen molar-refractivity contribution in [2.24, 2.45) is 5.92 Å². The van der Waals surface area contributed by atoms with Crippen molar-refractivity contribution in [1.82, 2.24) is 19.9 Å². The predicted octanol–water partition coefficient (Wildman–Crippen LogP) is 2.35. The van der Waals surface area contributed by atoms with Gasteiger partial charge in [0.25, 0.3) is 5.88 Å². The second kappa shape index (κ2) is 8.59. The van der Waals surface area contributed by atoms with Gasteiger partial charge in [0.2, 0.25) is 5.95 Å². The number of pyridine rings is 1. The molecule has 1 fully saturated rings. The molecule has 1 aliphatic rings. The molecule has 0 aliphatic carbocycles. The fourth-order valence-electron chi connectivity index (χ4n) is 2.99. The zero-order valence-electron chi connectivity index (χ0n) is 16.1. The second-order valence-corrected chi connectivity index (χ2v) is 6.52. The number of carboxylic acid groups (broad SMARTS) is 1. The molecule has 3 rings (SSSR count). The SMILES string of the molecule is CNc1cc(C)nc(Nc2cnc(OC)c(OC[C@@H]3CCN(C(=O)O)C3)c2)n1. The Hall–Kier alpha value is -3.30. The van der Waals surface area contributed by atoms with E-state index in [2.05, 4.69) is 25.6 Å². The van der Waals surface area contributed by atoms with Gasteiger partial charge in [-0.25, -0.2) is 14.8 Å². The quantitative estimate of drug-likeness (QED) is 0.656. The van der Waals surface area contributed by atoms with Crippen LogP contribution < -0.4 is 20.1 Å². The van der Waals surface area contributed by atoms with Gasteiger partial charge in [0.1, 0.15) is 5.82 Å². The molecule has 0 spiro atoms. The van der Waals surface area contributed by atoms with Crippen LogP contribution in [0.15, 0.2) is 18.3 Å². The van der Waals surface area contributed by atoms with E-state index in [0.29, 0.717) is 48.8 Å². The van der Waals surface area contributed by atoms with E-state index in [-0.39, 0.29) is 5.92 Å². The van der Waals surface area contributed by atoms with Crippen molar-refractivity contribution in [1.29, 1.82) is 0 Å². The van der Waals surface area contributed by atoms with Gasteiger partial charge in [-0.05, 0) is 13.3 Å². The average molecular weight is 388 g/mol. The summed E-state index contributed by atoms with van der Waals surface area (Å²) in [6.07, 6.45) is 1.48. The highest BCUT2D eigenvalue weighted by molar-refractivity contribution is 5.65. The molecule has 0 aromatic carbocycles. The predicted molar refractivity (Wildman–Crippen MR) is 104 cm³/mol. The molecule has 2 aromatic heterocycles. The van der Waals surface area contributed by atoms with Gasteiger partial charge in [0, 0.05) is 43.9 Å². The molecular weight excluding hydrogens is 364 g/mol. The van der Waals surface area contributed by atoms with Crippen molar-refractivity contribution in [3.63, 3.8) is 0 Å². The molecule has 10 heteroatoms. The van der Waals surface area contributed by atoms with Crippen molar-refractivity contribution in [2.45, 2.75) is 13.3 Å². The molecular formula is C18H24N6O4. The smallest absolute Gasteiger partial charge is 0.407 e. The van der Waals surface area contributed by atoms with Crippen LogP contribution in [0.4, 0.5) is 22.2 Å². The highest BCUT2D eigenvalue weighted by Crippen LogP contribution is 2.30. The Morgan fingerprint density at radius 3 is 2.89 bits per heavy atom. The summed E-state index contributed by atoms with van der Waals surface area (Å²) in [7, 11) is 3.31. The number of ether oxygens (including phenoxy) is 2. The number of nitrogens with one attached hydrogen (secondary N) is 2. The zero-order valence-corrected chi connectivity index (χ0v) is 16.1. The number of anilines is 3. The van der Waals surface area contributed by atoms with Gasteiger partial charge in [-0.3, -0.25) is 0 Å². The van der Waals surface area contributed by atoms with Crippen molar-refractivity contribution in [3.05, 3.63) is 24.0 Å². The van der Waals surface area contributed by atoms with E-state index in [4.69, 9.17) is 14.6 Å². The first-order valence-corrected chi connectivity index (χ1v) is 8.93. The highest BCUT2D eigenvalue weighted by Gasteiger charge is 2.26. The largest absolute Gasteiger partial charge is 0.488 e. The Morgan fingerprint density at radius 1 is 1.39 bits per heavy atom. The lowest BCUT2D eigenvalue weighted by atomic mass is 10.1. The summed E-state index contributed by atoms with van der Waals surface area (Å²) >= 11 is 0. The molecule has 1 atom stereocenters. The Balaban J connectivity index is 1.70. The van der Waals surface area contributed by atoms with Crippen LogP contribution in [0.5, 0.6) is 11.6 Å². The molecule has 2 aromatic rings. The molecule has 0 unspecified atom stereocenters. The number of methoxy groups -OCH3 is 1. The van der Waals surface area contributed by atoms with Crippen LogP contribution in [-0.2, 0) is 0 Å². The van der Waals surface area contributed by atoms with Crippen LogP contribution in [0.25, 0.3) is 0 Å². The third kappa shape index (κ3) is 4.70. The lowest BCUT2D eigenvalue weighted by Gasteiger charge is -2.15. The first kappa shape index (κ1) is 19.5. The van der Waals surface area contributed by atoms with E-state index in [1.807, 2.05) is 13.0 Å². The molecule has 3 heterocycles. The molecule has 0 saturated carbocycles. The average Bonchev–Trinajstić information content (AvgIpc) is 3.15. The fraction of sp³-hybridized carbons (Fsp3) is 0.444. The molecule has 1 aliphatic heterocycles. The maximum Gasteiger partial charge on any atom is 0.407 e. The molecule has 0 bridgehead atoms. The van der Waals surface area contributed by atoms with Crippen LogP contribution in [0, 0.1) is 12.8 Å². The van der Waals surface area contributed by atoms with E-state index in [9.17, 15) is 4.79 Å². The van der Waals surface area contributed by atoms with Gasteiger partial charge < -0.3 is 30.1 Å². The van der Waals surface area contributed by atoms with Gasteiger partial charge in [-0.15, -0.1) is 0 Å². The monoisotopic (exact) mass is 388 g/mol. The molecule has 10 nitrogen and oxygen atoms in total. The maximum absolute atomic E-state index is 11.0. The number of rotatable bonds is 7. The van der Waals surface area contributed by atoms with Crippen LogP contribution in [0.1, 0.15) is 12.1 Å². The number of likely N-dealkylation sites (tertiary alicyclic amines) is 1. The summed E-state index contributed by atoms with van der Waals surface area (Å²) in [5, 5.41) is 15.2. The maximum atomic E-state index is 11.0. The Morgan fingerprint density at radius 2 is 2.21 bits per heavy atom. The Kier molecular flexibility index (Phi) is 5.97. The minimum absolute atomic E-state index is 0.135. The number of hydrogen-bond donors (Lipinski definition) is 3. The third-order valence-electron chi connectivity index (χ3n) is 4.41. The summed E-state index contributed by atoms with van der Waals surface area (Å²) in [4.78, 5) is 25.4. The van der Waals surface area contributed by atoms with Crippen molar-refractivity contribution < 1.29 is 19.4 Å². The zero-order chi connectivity index (χ0) is 20.1. The minimum Gasteiger partial charge on any atom is -0.488 e. The van der Waals surface area contributed by atoms with E-state index in [1.165, 1.54) is 12.0 Å². The number of aromatic nitrogens is 3. The van der Waals surface area contributed by atoms with Gasteiger partial charge in [0.15, 0.2) is 5.75 Å². The summed E-state index contributed by atoms with van der Waals surface area (Å²) in [6.45, 7) is 3.26. The van der Waals surface area contributed by atoms with Crippen LogP contribution in [0.3, 0.4) is 0 Å². The second-order valence-electron chi connectivity index (χ2n) is 6.52. The first-order valence-electron chi connectivity index (χ1n) is 8.93. The fourth-order valence-corrected chi connectivity index (χ4v) is 2.99.